The van der Waals surface area contributed by atoms with Crippen molar-refractivity contribution in [3.05, 3.63) is 34.9 Å². The first-order chi connectivity index (χ1) is 8.09. The Labute approximate surface area is 107 Å². The van der Waals surface area contributed by atoms with Gasteiger partial charge >= 0.3 is 7.60 Å². The largest absolute Gasteiger partial charge is 0.405 e. The normalized spacial score (nSPS) is 10.8. The highest BCUT2D eigenvalue weighted by Gasteiger charge is 2.19. The zero-order valence-electron chi connectivity index (χ0n) is 9.77. The van der Waals surface area contributed by atoms with Gasteiger partial charge in [0.1, 0.15) is 0 Å². The van der Waals surface area contributed by atoms with Crippen LogP contribution in [-0.2, 0) is 13.6 Å². The Morgan fingerprint density at radius 1 is 1.18 bits per heavy atom. The van der Waals surface area contributed by atoms with Crippen molar-refractivity contribution in [1.29, 1.82) is 0 Å². The minimum absolute atomic E-state index is 0.298. The van der Waals surface area contributed by atoms with Crippen LogP contribution in [0.5, 0.6) is 0 Å². The molecule has 0 aliphatic heterocycles. The number of benzene rings is 1. The van der Waals surface area contributed by atoms with Crippen LogP contribution in [0.25, 0.3) is 0 Å². The van der Waals surface area contributed by atoms with Gasteiger partial charge in [-0.1, -0.05) is 17.5 Å². The molecule has 0 saturated carbocycles. The van der Waals surface area contributed by atoms with Gasteiger partial charge in [-0.15, -0.1) is 0 Å². The molecular weight excluding hydrogens is 259 g/mol. The number of rotatable bonds is 4. The van der Waals surface area contributed by atoms with E-state index in [0.717, 1.165) is 0 Å². The van der Waals surface area contributed by atoms with Crippen LogP contribution in [0.2, 0.25) is 5.02 Å². The second-order valence-corrected chi connectivity index (χ2v) is 5.25. The molecule has 0 bridgehead atoms. The SMILES string of the molecule is CCOP(=O)(C#Cc1ccc(Cl)cc1)OCC. The molecule has 0 heterocycles. The Balaban J connectivity index is 2.87. The summed E-state index contributed by atoms with van der Waals surface area (Å²) < 4.78 is 22.1. The molecule has 1 rings (SSSR count). The molecule has 0 aliphatic rings. The van der Waals surface area contributed by atoms with Gasteiger partial charge in [-0.3, -0.25) is 9.05 Å². The van der Waals surface area contributed by atoms with Crippen molar-refractivity contribution in [3.63, 3.8) is 0 Å². The highest BCUT2D eigenvalue weighted by Crippen LogP contribution is 2.46. The first-order valence-electron chi connectivity index (χ1n) is 5.27. The van der Waals surface area contributed by atoms with Crippen molar-refractivity contribution in [1.82, 2.24) is 0 Å². The minimum Gasteiger partial charge on any atom is -0.300 e. The molecule has 0 amide bonds. The monoisotopic (exact) mass is 272 g/mol. The van der Waals surface area contributed by atoms with Crippen LogP contribution in [0.1, 0.15) is 19.4 Å². The second kappa shape index (κ2) is 6.83. The molecule has 92 valence electrons. The third kappa shape index (κ3) is 4.93. The number of hydrogen-bond acceptors (Lipinski definition) is 3. The van der Waals surface area contributed by atoms with Gasteiger partial charge in [0.25, 0.3) is 0 Å². The Hall–Kier alpha value is -0.780. The maximum absolute atomic E-state index is 12.0. The second-order valence-electron chi connectivity index (χ2n) is 3.08. The Bertz CT molecular complexity index is 449. The molecule has 3 nitrogen and oxygen atoms in total. The summed E-state index contributed by atoms with van der Waals surface area (Å²) in [5.74, 6) is 2.76. The first-order valence-corrected chi connectivity index (χ1v) is 7.19. The predicted molar refractivity (Wildman–Crippen MR) is 69.2 cm³/mol. The van der Waals surface area contributed by atoms with E-state index in [1.807, 2.05) is 0 Å². The number of halogens is 1. The average molecular weight is 273 g/mol. The lowest BCUT2D eigenvalue weighted by Crippen LogP contribution is -1.93. The molecule has 0 unspecified atom stereocenters. The summed E-state index contributed by atoms with van der Waals surface area (Å²) in [4.78, 5) is 0. The van der Waals surface area contributed by atoms with E-state index in [4.69, 9.17) is 20.6 Å². The summed E-state index contributed by atoms with van der Waals surface area (Å²) in [5, 5.41) is 0.633. The van der Waals surface area contributed by atoms with Crippen LogP contribution in [0.4, 0.5) is 0 Å². The fourth-order valence-corrected chi connectivity index (χ4v) is 2.38. The van der Waals surface area contributed by atoms with E-state index in [1.54, 1.807) is 38.1 Å². The van der Waals surface area contributed by atoms with Gasteiger partial charge in [0.15, 0.2) is 0 Å². The van der Waals surface area contributed by atoms with Crippen LogP contribution in [-0.4, -0.2) is 13.2 Å². The van der Waals surface area contributed by atoms with Crippen LogP contribution < -0.4 is 0 Å². The average Bonchev–Trinajstić information content (AvgIpc) is 2.29. The molecule has 0 aliphatic carbocycles. The maximum Gasteiger partial charge on any atom is 0.405 e. The molecular formula is C12H14ClO3P. The molecule has 5 heteroatoms. The fourth-order valence-electron chi connectivity index (χ4n) is 1.11. The smallest absolute Gasteiger partial charge is 0.300 e. The van der Waals surface area contributed by atoms with Gasteiger partial charge in [0, 0.05) is 16.2 Å². The Morgan fingerprint density at radius 3 is 2.18 bits per heavy atom. The van der Waals surface area contributed by atoms with E-state index in [1.165, 1.54) is 0 Å². The summed E-state index contributed by atoms with van der Waals surface area (Å²) in [6.07, 6.45) is 0. The van der Waals surface area contributed by atoms with E-state index in [-0.39, 0.29) is 0 Å². The third-order valence-corrected chi connectivity index (χ3v) is 3.61. The van der Waals surface area contributed by atoms with Gasteiger partial charge < -0.3 is 0 Å². The third-order valence-electron chi connectivity index (χ3n) is 1.78. The quantitative estimate of drug-likeness (QED) is 0.616. The summed E-state index contributed by atoms with van der Waals surface area (Å²) in [6, 6.07) is 6.94. The molecule has 0 saturated heterocycles. The van der Waals surface area contributed by atoms with E-state index < -0.39 is 7.60 Å². The van der Waals surface area contributed by atoms with Gasteiger partial charge in [-0.25, -0.2) is 4.57 Å². The van der Waals surface area contributed by atoms with Gasteiger partial charge in [-0.05, 0) is 38.1 Å². The highest BCUT2D eigenvalue weighted by atomic mass is 35.5. The lowest BCUT2D eigenvalue weighted by atomic mass is 10.2. The molecule has 1 aromatic carbocycles. The molecule has 0 atom stereocenters. The standard InChI is InChI=1S/C12H14ClO3P/c1-3-15-17(14,16-4-2)10-9-11-5-7-12(13)8-6-11/h5-8H,3-4H2,1-2H3. The van der Waals surface area contributed by atoms with Crippen molar-refractivity contribution in [2.45, 2.75) is 13.8 Å². The fraction of sp³-hybridized carbons (Fsp3) is 0.333. The van der Waals surface area contributed by atoms with Crippen molar-refractivity contribution in [2.24, 2.45) is 0 Å². The first kappa shape index (κ1) is 14.3. The Kier molecular flexibility index (Phi) is 5.74. The number of hydrogen-bond donors (Lipinski definition) is 0. The van der Waals surface area contributed by atoms with Crippen molar-refractivity contribution >= 4 is 19.2 Å². The van der Waals surface area contributed by atoms with E-state index in [0.29, 0.717) is 23.8 Å². The molecule has 0 aromatic heterocycles. The molecule has 0 spiro atoms. The Morgan fingerprint density at radius 2 is 1.71 bits per heavy atom. The summed E-state index contributed by atoms with van der Waals surface area (Å²) in [6.45, 7) is 4.09. The lowest BCUT2D eigenvalue weighted by Gasteiger charge is -2.09. The zero-order chi connectivity index (χ0) is 12.7. The summed E-state index contributed by atoms with van der Waals surface area (Å²) >= 11 is 5.75. The van der Waals surface area contributed by atoms with Gasteiger partial charge in [0.2, 0.25) is 0 Å². The van der Waals surface area contributed by atoms with Crippen molar-refractivity contribution < 1.29 is 13.6 Å². The maximum atomic E-state index is 12.0. The van der Waals surface area contributed by atoms with Gasteiger partial charge in [0.05, 0.1) is 13.2 Å². The van der Waals surface area contributed by atoms with Crippen molar-refractivity contribution in [2.75, 3.05) is 13.2 Å². The molecule has 1 aromatic rings. The molecule has 0 N–H and O–H groups in total. The zero-order valence-corrected chi connectivity index (χ0v) is 11.4. The van der Waals surface area contributed by atoms with E-state index >= 15 is 0 Å². The van der Waals surface area contributed by atoms with Crippen molar-refractivity contribution in [3.8, 4) is 11.6 Å². The van der Waals surface area contributed by atoms with Crippen LogP contribution in [0.15, 0.2) is 24.3 Å². The van der Waals surface area contributed by atoms with Crippen LogP contribution in [0, 0.1) is 11.6 Å². The minimum atomic E-state index is -3.29. The molecule has 0 fully saturated rings. The summed E-state index contributed by atoms with van der Waals surface area (Å²) in [7, 11) is -3.29. The molecule has 17 heavy (non-hydrogen) atoms. The topological polar surface area (TPSA) is 35.5 Å². The van der Waals surface area contributed by atoms with Gasteiger partial charge in [-0.2, -0.15) is 0 Å². The lowest BCUT2D eigenvalue weighted by molar-refractivity contribution is 0.230. The predicted octanol–water partition coefficient (Wildman–Crippen LogP) is 3.92. The van der Waals surface area contributed by atoms with Crippen LogP contribution >= 0.6 is 19.2 Å². The highest BCUT2D eigenvalue weighted by molar-refractivity contribution is 7.59. The van der Waals surface area contributed by atoms with Crippen LogP contribution in [0.3, 0.4) is 0 Å². The molecule has 0 radical (unpaired) electrons. The van der Waals surface area contributed by atoms with E-state index in [9.17, 15) is 4.57 Å². The van der Waals surface area contributed by atoms with E-state index in [2.05, 4.69) is 11.6 Å². The summed E-state index contributed by atoms with van der Waals surface area (Å²) in [5.41, 5.74) is 3.27.